The fourth-order valence-electron chi connectivity index (χ4n) is 3.57. The third kappa shape index (κ3) is 5.12. The Kier molecular flexibility index (Phi) is 6.37. The van der Waals surface area contributed by atoms with Gasteiger partial charge in [-0.1, -0.05) is 18.2 Å². The summed E-state index contributed by atoms with van der Waals surface area (Å²) in [7, 11) is -7.44. The second kappa shape index (κ2) is 9.03. The minimum atomic E-state index is -3.87. The molecule has 2 heterocycles. The lowest BCUT2D eigenvalue weighted by Crippen LogP contribution is -2.50. The van der Waals surface area contributed by atoms with Crippen LogP contribution in [0, 0.1) is 0 Å². The van der Waals surface area contributed by atoms with Gasteiger partial charge in [-0.15, -0.1) is 0 Å². The van der Waals surface area contributed by atoms with Crippen LogP contribution < -0.4 is 19.1 Å². The van der Waals surface area contributed by atoms with Crippen molar-refractivity contribution in [2.24, 2.45) is 0 Å². The number of nitrogens with one attached hydrogen (secondary N) is 1. The fraction of sp³-hybridized carbons (Fsp3) is 0.400. The summed E-state index contributed by atoms with van der Waals surface area (Å²) in [5.41, 5.74) is 1.06. The van der Waals surface area contributed by atoms with Crippen LogP contribution in [0.1, 0.15) is 0 Å². The Bertz CT molecular complexity index is 1110. The third-order valence-electron chi connectivity index (χ3n) is 5.23. The predicted molar refractivity (Wildman–Crippen MR) is 117 cm³/mol. The second-order valence-electron chi connectivity index (χ2n) is 7.24. The third-order valence-corrected chi connectivity index (χ3v) is 8.56. The lowest BCUT2D eigenvalue weighted by atomic mass is 10.2. The van der Waals surface area contributed by atoms with Crippen LogP contribution in [-0.2, 0) is 20.0 Å². The van der Waals surface area contributed by atoms with E-state index in [1.807, 2.05) is 30.3 Å². The van der Waals surface area contributed by atoms with E-state index in [0.29, 0.717) is 50.9 Å². The lowest BCUT2D eigenvalue weighted by Gasteiger charge is -2.35. The first-order valence-corrected chi connectivity index (χ1v) is 13.1. The van der Waals surface area contributed by atoms with E-state index >= 15 is 0 Å². The zero-order valence-electron chi connectivity index (χ0n) is 16.9. The van der Waals surface area contributed by atoms with Crippen molar-refractivity contribution in [2.75, 3.05) is 56.6 Å². The predicted octanol–water partition coefficient (Wildman–Crippen LogP) is 0.888. The SMILES string of the molecule is O=S(=O)(NCCS(=O)(=O)N1CCN(c2ccccc2)CC1)c1ccc2c(c1)OCCO2. The molecule has 2 aromatic carbocycles. The van der Waals surface area contributed by atoms with Crippen molar-refractivity contribution in [1.29, 1.82) is 0 Å². The molecule has 11 heteroatoms. The molecule has 2 aliphatic heterocycles. The van der Waals surface area contributed by atoms with Crippen LogP contribution in [0.2, 0.25) is 0 Å². The molecule has 0 radical (unpaired) electrons. The van der Waals surface area contributed by atoms with Crippen molar-refractivity contribution in [3.05, 3.63) is 48.5 Å². The molecule has 31 heavy (non-hydrogen) atoms. The number of piperazine rings is 1. The van der Waals surface area contributed by atoms with Crippen LogP contribution in [0.3, 0.4) is 0 Å². The van der Waals surface area contributed by atoms with E-state index in [1.54, 1.807) is 0 Å². The van der Waals surface area contributed by atoms with Crippen LogP contribution in [0.25, 0.3) is 0 Å². The first-order chi connectivity index (χ1) is 14.9. The Balaban J connectivity index is 1.31. The molecule has 0 saturated carbocycles. The summed E-state index contributed by atoms with van der Waals surface area (Å²) in [5, 5.41) is 0. The number of rotatable bonds is 7. The topological polar surface area (TPSA) is 105 Å². The van der Waals surface area contributed by atoms with Gasteiger partial charge in [-0.05, 0) is 24.3 Å². The number of para-hydroxylation sites is 1. The van der Waals surface area contributed by atoms with Gasteiger partial charge in [0.25, 0.3) is 0 Å². The Labute approximate surface area is 182 Å². The summed E-state index contributed by atoms with van der Waals surface area (Å²) in [4.78, 5) is 2.14. The molecule has 1 fully saturated rings. The number of sulfonamides is 2. The van der Waals surface area contributed by atoms with Crippen molar-refractivity contribution in [1.82, 2.24) is 9.03 Å². The van der Waals surface area contributed by atoms with Gasteiger partial charge in [-0.25, -0.2) is 21.6 Å². The molecular formula is C20H25N3O6S2. The number of benzene rings is 2. The zero-order valence-corrected chi connectivity index (χ0v) is 18.6. The lowest BCUT2D eigenvalue weighted by molar-refractivity contribution is 0.171. The number of hydrogen-bond acceptors (Lipinski definition) is 7. The van der Waals surface area contributed by atoms with Gasteiger partial charge in [0.2, 0.25) is 20.0 Å². The van der Waals surface area contributed by atoms with E-state index in [1.165, 1.54) is 22.5 Å². The van der Waals surface area contributed by atoms with E-state index in [9.17, 15) is 16.8 Å². The largest absolute Gasteiger partial charge is 0.486 e. The second-order valence-corrected chi connectivity index (χ2v) is 11.1. The molecular weight excluding hydrogens is 442 g/mol. The van der Waals surface area contributed by atoms with Crippen molar-refractivity contribution in [3.8, 4) is 11.5 Å². The average Bonchev–Trinajstić information content (AvgIpc) is 2.79. The van der Waals surface area contributed by atoms with Gasteiger partial charge in [0.15, 0.2) is 11.5 Å². The van der Waals surface area contributed by atoms with E-state index in [0.717, 1.165) is 5.69 Å². The quantitative estimate of drug-likeness (QED) is 0.645. The summed E-state index contributed by atoms with van der Waals surface area (Å²) < 4.78 is 65.1. The molecule has 4 rings (SSSR count). The maximum absolute atomic E-state index is 12.7. The van der Waals surface area contributed by atoms with E-state index in [4.69, 9.17) is 9.47 Å². The number of hydrogen-bond donors (Lipinski definition) is 1. The molecule has 1 N–H and O–H groups in total. The smallest absolute Gasteiger partial charge is 0.240 e. The summed E-state index contributed by atoms with van der Waals surface area (Å²) >= 11 is 0. The number of nitrogens with zero attached hydrogens (tertiary/aromatic N) is 2. The number of fused-ring (bicyclic) bond motifs is 1. The highest BCUT2D eigenvalue weighted by atomic mass is 32.2. The van der Waals surface area contributed by atoms with E-state index in [2.05, 4.69) is 9.62 Å². The normalized spacial score (nSPS) is 17.5. The van der Waals surface area contributed by atoms with Crippen LogP contribution in [0.4, 0.5) is 5.69 Å². The Hall–Kier alpha value is -2.34. The Morgan fingerprint density at radius 2 is 1.52 bits per heavy atom. The van der Waals surface area contributed by atoms with Crippen molar-refractivity contribution < 1.29 is 26.3 Å². The summed E-state index contributed by atoms with van der Waals surface area (Å²) in [6, 6.07) is 14.2. The van der Waals surface area contributed by atoms with Crippen molar-refractivity contribution in [2.45, 2.75) is 4.90 Å². The highest BCUT2D eigenvalue weighted by Gasteiger charge is 2.27. The van der Waals surface area contributed by atoms with Crippen LogP contribution >= 0.6 is 0 Å². The summed E-state index contributed by atoms with van der Waals surface area (Å²) in [6.07, 6.45) is 0. The molecule has 0 atom stereocenters. The molecule has 0 amide bonds. The molecule has 0 aromatic heterocycles. The minimum Gasteiger partial charge on any atom is -0.486 e. The van der Waals surface area contributed by atoms with Gasteiger partial charge in [0.1, 0.15) is 13.2 Å². The molecule has 0 unspecified atom stereocenters. The first-order valence-electron chi connectivity index (χ1n) is 10.0. The summed E-state index contributed by atoms with van der Waals surface area (Å²) in [5.74, 6) is 0.544. The minimum absolute atomic E-state index is 0.00521. The maximum Gasteiger partial charge on any atom is 0.240 e. The van der Waals surface area contributed by atoms with Crippen LogP contribution in [0.15, 0.2) is 53.4 Å². The molecule has 0 bridgehead atoms. The first kappa shape index (κ1) is 21.9. The molecule has 0 spiro atoms. The van der Waals surface area contributed by atoms with Crippen molar-refractivity contribution in [3.63, 3.8) is 0 Å². The van der Waals surface area contributed by atoms with Crippen LogP contribution in [-0.4, -0.2) is 72.8 Å². The van der Waals surface area contributed by atoms with E-state index in [-0.39, 0.29) is 17.2 Å². The maximum atomic E-state index is 12.7. The van der Waals surface area contributed by atoms with Gasteiger partial charge in [0.05, 0.1) is 10.6 Å². The van der Waals surface area contributed by atoms with Gasteiger partial charge in [0, 0.05) is 44.5 Å². The monoisotopic (exact) mass is 467 g/mol. The standard InChI is InChI=1S/C20H25N3O6S2/c24-30(25,23-11-9-22(10-12-23)17-4-2-1-3-5-17)15-8-21-31(26,27)18-6-7-19-20(16-18)29-14-13-28-19/h1-7,16,21H,8-15H2. The summed E-state index contributed by atoms with van der Waals surface area (Å²) in [6.45, 7) is 2.46. The van der Waals surface area contributed by atoms with E-state index < -0.39 is 20.0 Å². The highest BCUT2D eigenvalue weighted by Crippen LogP contribution is 2.32. The fourth-order valence-corrected chi connectivity index (χ4v) is 6.09. The Morgan fingerprint density at radius 1 is 0.839 bits per heavy atom. The van der Waals surface area contributed by atoms with Gasteiger partial charge in [-0.2, -0.15) is 4.31 Å². The number of ether oxygens (including phenoxy) is 2. The number of anilines is 1. The molecule has 2 aromatic rings. The molecule has 168 valence electrons. The average molecular weight is 468 g/mol. The van der Waals surface area contributed by atoms with Crippen molar-refractivity contribution >= 4 is 25.7 Å². The zero-order chi connectivity index (χ0) is 21.9. The van der Waals surface area contributed by atoms with Gasteiger partial charge < -0.3 is 14.4 Å². The Morgan fingerprint density at radius 3 is 2.23 bits per heavy atom. The van der Waals surface area contributed by atoms with Gasteiger partial charge in [-0.3, -0.25) is 0 Å². The molecule has 0 aliphatic carbocycles. The molecule has 2 aliphatic rings. The van der Waals surface area contributed by atoms with Crippen LogP contribution in [0.5, 0.6) is 11.5 Å². The highest BCUT2D eigenvalue weighted by molar-refractivity contribution is 7.90. The van der Waals surface area contributed by atoms with Gasteiger partial charge >= 0.3 is 0 Å². The molecule has 1 saturated heterocycles. The molecule has 9 nitrogen and oxygen atoms in total.